The highest BCUT2D eigenvalue weighted by Gasteiger charge is 2.32. The first-order chi connectivity index (χ1) is 12.5. The van der Waals surface area contributed by atoms with Crippen LogP contribution in [0.25, 0.3) is 0 Å². The van der Waals surface area contributed by atoms with Crippen LogP contribution in [0.4, 0.5) is 0 Å². The number of hydrogen-bond acceptors (Lipinski definition) is 2. The lowest BCUT2D eigenvalue weighted by molar-refractivity contribution is -0.141. The molecule has 2 aromatic carbocycles. The van der Waals surface area contributed by atoms with Crippen molar-refractivity contribution in [1.29, 1.82) is 0 Å². The summed E-state index contributed by atoms with van der Waals surface area (Å²) >= 11 is 0. The van der Waals surface area contributed by atoms with Crippen LogP contribution in [-0.2, 0) is 22.6 Å². The Morgan fingerprint density at radius 3 is 2.50 bits per heavy atom. The maximum Gasteiger partial charge on any atom is 0.312 e. The van der Waals surface area contributed by atoms with E-state index in [1.54, 1.807) is 4.90 Å². The number of carbonyl (C=O) groups is 2. The average molecular weight is 351 g/mol. The fraction of sp³-hybridized carbons (Fsp3) is 0.364. The van der Waals surface area contributed by atoms with E-state index < -0.39 is 11.9 Å². The van der Waals surface area contributed by atoms with Crippen LogP contribution in [0.3, 0.4) is 0 Å². The highest BCUT2D eigenvalue weighted by Crippen LogP contribution is 2.30. The maximum atomic E-state index is 12.8. The molecule has 0 spiro atoms. The minimum absolute atomic E-state index is 0.0119. The fourth-order valence-electron chi connectivity index (χ4n) is 3.60. The van der Waals surface area contributed by atoms with Crippen LogP contribution < -0.4 is 0 Å². The van der Waals surface area contributed by atoms with Crippen molar-refractivity contribution in [2.45, 2.75) is 45.1 Å². The molecular weight excluding hydrogens is 326 g/mol. The fourth-order valence-corrected chi connectivity index (χ4v) is 3.60. The van der Waals surface area contributed by atoms with Crippen LogP contribution in [0.5, 0.6) is 0 Å². The molecule has 1 aliphatic heterocycles. The van der Waals surface area contributed by atoms with Gasteiger partial charge in [-0.2, -0.15) is 0 Å². The Bertz CT molecular complexity index is 797. The molecule has 2 unspecified atom stereocenters. The van der Waals surface area contributed by atoms with E-state index >= 15 is 0 Å². The van der Waals surface area contributed by atoms with Crippen LogP contribution >= 0.6 is 0 Å². The highest BCUT2D eigenvalue weighted by atomic mass is 16.4. The van der Waals surface area contributed by atoms with Gasteiger partial charge in [-0.05, 0) is 34.6 Å². The van der Waals surface area contributed by atoms with Crippen molar-refractivity contribution in [2.75, 3.05) is 6.54 Å². The van der Waals surface area contributed by atoms with Crippen molar-refractivity contribution in [3.05, 3.63) is 70.8 Å². The Labute approximate surface area is 154 Å². The summed E-state index contributed by atoms with van der Waals surface area (Å²) in [7, 11) is 0. The molecule has 4 heteroatoms. The number of amides is 1. The zero-order valence-corrected chi connectivity index (χ0v) is 15.3. The molecule has 4 nitrogen and oxygen atoms in total. The van der Waals surface area contributed by atoms with E-state index in [1.165, 1.54) is 5.56 Å². The number of carboxylic acids is 1. The second-order valence-electron chi connectivity index (χ2n) is 7.06. The van der Waals surface area contributed by atoms with E-state index in [1.807, 2.05) is 31.2 Å². The molecule has 0 saturated heterocycles. The van der Waals surface area contributed by atoms with Crippen molar-refractivity contribution in [1.82, 2.24) is 4.90 Å². The number of rotatable bonds is 5. The standard InChI is InChI=1S/C22H25NO3/c1-3-16-8-10-17(11-9-16)15(2)12-21(24)23-13-18-6-4-5-7-19(18)20(14-23)22(25)26/h4-11,15,20H,3,12-14H2,1-2H3,(H,25,26). The molecule has 0 fully saturated rings. The molecule has 1 heterocycles. The lowest BCUT2D eigenvalue weighted by Crippen LogP contribution is -2.40. The Kier molecular flexibility index (Phi) is 5.40. The summed E-state index contributed by atoms with van der Waals surface area (Å²) < 4.78 is 0. The van der Waals surface area contributed by atoms with Gasteiger partial charge in [-0.25, -0.2) is 0 Å². The third kappa shape index (κ3) is 3.79. The largest absolute Gasteiger partial charge is 0.481 e. The molecule has 136 valence electrons. The minimum Gasteiger partial charge on any atom is -0.481 e. The first-order valence-electron chi connectivity index (χ1n) is 9.16. The molecule has 2 atom stereocenters. The number of nitrogens with zero attached hydrogens (tertiary/aromatic N) is 1. The van der Waals surface area contributed by atoms with Gasteiger partial charge in [-0.3, -0.25) is 9.59 Å². The molecule has 0 saturated carbocycles. The average Bonchev–Trinajstić information content (AvgIpc) is 2.66. The van der Waals surface area contributed by atoms with Gasteiger partial charge in [0.2, 0.25) is 5.91 Å². The predicted molar refractivity (Wildman–Crippen MR) is 101 cm³/mol. The Hall–Kier alpha value is -2.62. The molecule has 0 radical (unpaired) electrons. The Balaban J connectivity index is 1.72. The second kappa shape index (κ2) is 7.73. The molecule has 1 N–H and O–H groups in total. The highest BCUT2D eigenvalue weighted by molar-refractivity contribution is 5.82. The second-order valence-corrected chi connectivity index (χ2v) is 7.06. The molecular formula is C22H25NO3. The van der Waals surface area contributed by atoms with Gasteiger partial charge in [0.15, 0.2) is 0 Å². The van der Waals surface area contributed by atoms with E-state index in [9.17, 15) is 14.7 Å². The van der Waals surface area contributed by atoms with Crippen LogP contribution in [0, 0.1) is 0 Å². The number of carbonyl (C=O) groups excluding carboxylic acids is 1. The zero-order valence-electron chi connectivity index (χ0n) is 15.3. The van der Waals surface area contributed by atoms with Gasteiger partial charge < -0.3 is 10.0 Å². The number of benzene rings is 2. The van der Waals surface area contributed by atoms with Crippen molar-refractivity contribution in [2.24, 2.45) is 0 Å². The van der Waals surface area contributed by atoms with E-state index in [0.717, 1.165) is 23.1 Å². The Morgan fingerprint density at radius 1 is 1.15 bits per heavy atom. The van der Waals surface area contributed by atoms with Crippen molar-refractivity contribution >= 4 is 11.9 Å². The third-order valence-corrected chi connectivity index (χ3v) is 5.28. The normalized spacial score (nSPS) is 17.5. The third-order valence-electron chi connectivity index (χ3n) is 5.28. The quantitative estimate of drug-likeness (QED) is 0.887. The SMILES string of the molecule is CCc1ccc(C(C)CC(=O)N2Cc3ccccc3C(C(=O)O)C2)cc1. The molecule has 1 aliphatic rings. The molecule has 26 heavy (non-hydrogen) atoms. The monoisotopic (exact) mass is 351 g/mol. The number of carboxylic acid groups (broad SMARTS) is 1. The molecule has 0 aromatic heterocycles. The molecule has 2 aromatic rings. The Morgan fingerprint density at radius 2 is 1.85 bits per heavy atom. The van der Waals surface area contributed by atoms with Gasteiger partial charge in [0, 0.05) is 19.5 Å². The summed E-state index contributed by atoms with van der Waals surface area (Å²) in [6, 6.07) is 15.9. The molecule has 3 rings (SSSR count). The zero-order chi connectivity index (χ0) is 18.7. The molecule has 0 aliphatic carbocycles. The maximum absolute atomic E-state index is 12.8. The lowest BCUT2D eigenvalue weighted by Gasteiger charge is -2.33. The van der Waals surface area contributed by atoms with E-state index in [-0.39, 0.29) is 18.4 Å². The van der Waals surface area contributed by atoms with Gasteiger partial charge in [0.25, 0.3) is 0 Å². The summed E-state index contributed by atoms with van der Waals surface area (Å²) in [5.74, 6) is -1.41. The predicted octanol–water partition coefficient (Wildman–Crippen LogP) is 3.95. The van der Waals surface area contributed by atoms with E-state index in [4.69, 9.17) is 0 Å². The van der Waals surface area contributed by atoms with Gasteiger partial charge in [-0.15, -0.1) is 0 Å². The van der Waals surface area contributed by atoms with Gasteiger partial charge in [0.05, 0.1) is 5.92 Å². The van der Waals surface area contributed by atoms with Gasteiger partial charge in [0.1, 0.15) is 0 Å². The number of hydrogen-bond donors (Lipinski definition) is 1. The summed E-state index contributed by atoms with van der Waals surface area (Å²) in [6.07, 6.45) is 1.39. The molecule has 1 amide bonds. The number of aryl methyl sites for hydroxylation is 1. The summed E-state index contributed by atoms with van der Waals surface area (Å²) in [6.45, 7) is 4.90. The first-order valence-corrected chi connectivity index (χ1v) is 9.16. The number of fused-ring (bicyclic) bond motifs is 1. The lowest BCUT2D eigenvalue weighted by atomic mass is 9.89. The van der Waals surface area contributed by atoms with E-state index in [2.05, 4.69) is 31.2 Å². The van der Waals surface area contributed by atoms with Crippen molar-refractivity contribution < 1.29 is 14.7 Å². The van der Waals surface area contributed by atoms with Gasteiger partial charge in [-0.1, -0.05) is 62.4 Å². The molecule has 0 bridgehead atoms. The van der Waals surface area contributed by atoms with Gasteiger partial charge >= 0.3 is 5.97 Å². The summed E-state index contributed by atoms with van der Waals surface area (Å²) in [5.41, 5.74) is 4.18. The van der Waals surface area contributed by atoms with Crippen LogP contribution in [0.2, 0.25) is 0 Å². The smallest absolute Gasteiger partial charge is 0.312 e. The van der Waals surface area contributed by atoms with E-state index in [0.29, 0.717) is 13.0 Å². The summed E-state index contributed by atoms with van der Waals surface area (Å²) in [5, 5.41) is 9.56. The summed E-state index contributed by atoms with van der Waals surface area (Å²) in [4.78, 5) is 26.2. The van der Waals surface area contributed by atoms with Crippen LogP contribution in [0.15, 0.2) is 48.5 Å². The minimum atomic E-state index is -0.877. The van der Waals surface area contributed by atoms with Crippen LogP contribution in [0.1, 0.15) is 54.4 Å². The number of aliphatic carboxylic acids is 1. The van der Waals surface area contributed by atoms with Crippen molar-refractivity contribution in [3.63, 3.8) is 0 Å². The first kappa shape index (κ1) is 18.2. The van der Waals surface area contributed by atoms with Crippen LogP contribution in [-0.4, -0.2) is 28.4 Å². The topological polar surface area (TPSA) is 57.6 Å². The van der Waals surface area contributed by atoms with Crippen molar-refractivity contribution in [3.8, 4) is 0 Å².